The lowest BCUT2D eigenvalue weighted by atomic mass is 10.1. The van der Waals surface area contributed by atoms with E-state index in [4.69, 9.17) is 5.11 Å². The van der Waals surface area contributed by atoms with Crippen LogP contribution in [0.5, 0.6) is 0 Å². The number of amides is 1. The molecule has 64 valence electrons. The van der Waals surface area contributed by atoms with E-state index in [1.54, 1.807) is 0 Å². The van der Waals surface area contributed by atoms with Crippen LogP contribution in [-0.2, 0) is 9.59 Å². The van der Waals surface area contributed by atoms with Crippen molar-refractivity contribution in [2.24, 2.45) is 0 Å². The van der Waals surface area contributed by atoms with Crippen molar-refractivity contribution in [3.8, 4) is 0 Å². The van der Waals surface area contributed by atoms with Crippen molar-refractivity contribution in [1.82, 2.24) is 5.32 Å². The van der Waals surface area contributed by atoms with Gasteiger partial charge in [-0.1, -0.05) is 0 Å². The van der Waals surface area contributed by atoms with Crippen LogP contribution >= 0.6 is 0 Å². The minimum atomic E-state index is -0.789. The van der Waals surface area contributed by atoms with E-state index >= 15 is 0 Å². The number of aliphatic carboxylic acids is 1. The number of hydrogen-bond acceptors (Lipinski definition) is 2. The van der Waals surface area contributed by atoms with Gasteiger partial charge in [-0.2, -0.15) is 0 Å². The van der Waals surface area contributed by atoms with Gasteiger partial charge in [0.2, 0.25) is 6.41 Å². The lowest BCUT2D eigenvalue weighted by molar-refractivity contribution is -0.137. The smallest absolute Gasteiger partial charge is 0.303 e. The number of carboxylic acid groups (broad SMARTS) is 1. The predicted octanol–water partition coefficient (Wildman–Crippen LogP) is 0.376. The molecule has 0 saturated heterocycles. The molecule has 4 heteroatoms. The zero-order valence-corrected chi connectivity index (χ0v) is 6.54. The SMILES string of the molecule is C[C@H](CCCC(=O)O)NC=O. The zero-order chi connectivity index (χ0) is 8.69. The summed E-state index contributed by atoms with van der Waals surface area (Å²) in [6, 6.07) is 0.0758. The second kappa shape index (κ2) is 5.70. The highest BCUT2D eigenvalue weighted by atomic mass is 16.4. The molecule has 0 rings (SSSR count). The molecule has 0 saturated carbocycles. The Hall–Kier alpha value is -1.06. The minimum Gasteiger partial charge on any atom is -0.481 e. The highest BCUT2D eigenvalue weighted by Crippen LogP contribution is 1.99. The zero-order valence-electron chi connectivity index (χ0n) is 6.54. The van der Waals surface area contributed by atoms with Crippen molar-refractivity contribution < 1.29 is 14.7 Å². The Morgan fingerprint density at radius 2 is 2.36 bits per heavy atom. The summed E-state index contributed by atoms with van der Waals surface area (Å²) >= 11 is 0. The Morgan fingerprint density at radius 3 is 2.82 bits per heavy atom. The maximum atomic E-state index is 10.0. The van der Waals surface area contributed by atoms with Crippen LogP contribution in [0.15, 0.2) is 0 Å². The summed E-state index contributed by atoms with van der Waals surface area (Å²) in [5, 5.41) is 10.8. The first-order chi connectivity index (χ1) is 5.16. The standard InChI is InChI=1S/C7H13NO3/c1-6(8-5-9)3-2-4-7(10)11/h5-6H,2-4H2,1H3,(H,8,9)(H,10,11)/t6-/m1/s1. The summed E-state index contributed by atoms with van der Waals surface area (Å²) < 4.78 is 0. The lowest BCUT2D eigenvalue weighted by Crippen LogP contribution is -2.24. The maximum absolute atomic E-state index is 10.0. The number of rotatable bonds is 6. The second-order valence-electron chi connectivity index (χ2n) is 2.47. The van der Waals surface area contributed by atoms with E-state index in [2.05, 4.69) is 5.32 Å². The number of hydrogen-bond donors (Lipinski definition) is 2. The normalized spacial score (nSPS) is 12.1. The molecule has 0 heterocycles. The van der Waals surface area contributed by atoms with Gasteiger partial charge in [0.15, 0.2) is 0 Å². The molecule has 0 bridgehead atoms. The van der Waals surface area contributed by atoms with Crippen molar-refractivity contribution in [3.05, 3.63) is 0 Å². The lowest BCUT2D eigenvalue weighted by Gasteiger charge is -2.07. The molecule has 0 aromatic rings. The van der Waals surface area contributed by atoms with E-state index in [0.717, 1.165) is 0 Å². The van der Waals surface area contributed by atoms with Crippen LogP contribution in [0, 0.1) is 0 Å². The summed E-state index contributed by atoms with van der Waals surface area (Å²) in [5.74, 6) is -0.789. The van der Waals surface area contributed by atoms with E-state index in [0.29, 0.717) is 19.3 Å². The van der Waals surface area contributed by atoms with E-state index in [-0.39, 0.29) is 12.5 Å². The van der Waals surface area contributed by atoms with Crippen LogP contribution in [0.3, 0.4) is 0 Å². The van der Waals surface area contributed by atoms with Gasteiger partial charge in [0.05, 0.1) is 0 Å². The third kappa shape index (κ3) is 6.83. The number of carbonyl (C=O) groups excluding carboxylic acids is 1. The average molecular weight is 159 g/mol. The molecule has 0 aromatic heterocycles. The number of nitrogens with one attached hydrogen (secondary N) is 1. The summed E-state index contributed by atoms with van der Waals surface area (Å²) in [5.41, 5.74) is 0. The van der Waals surface area contributed by atoms with Crippen molar-refractivity contribution in [2.75, 3.05) is 0 Å². The van der Waals surface area contributed by atoms with Crippen molar-refractivity contribution in [1.29, 1.82) is 0 Å². The van der Waals surface area contributed by atoms with Crippen LogP contribution in [0.4, 0.5) is 0 Å². The Labute approximate surface area is 65.6 Å². The summed E-state index contributed by atoms with van der Waals surface area (Å²) in [7, 11) is 0. The molecule has 0 spiro atoms. The summed E-state index contributed by atoms with van der Waals surface area (Å²) in [6.07, 6.45) is 2.12. The number of carbonyl (C=O) groups is 2. The van der Waals surface area contributed by atoms with E-state index in [9.17, 15) is 9.59 Å². The van der Waals surface area contributed by atoms with Crippen molar-refractivity contribution in [3.63, 3.8) is 0 Å². The largest absolute Gasteiger partial charge is 0.481 e. The van der Waals surface area contributed by atoms with Gasteiger partial charge in [-0.05, 0) is 19.8 Å². The van der Waals surface area contributed by atoms with Crippen LogP contribution in [0.1, 0.15) is 26.2 Å². The first kappa shape index (κ1) is 9.94. The summed E-state index contributed by atoms with van der Waals surface area (Å²) in [6.45, 7) is 1.84. The molecule has 0 aromatic carbocycles. The molecule has 1 atom stereocenters. The van der Waals surface area contributed by atoms with Crippen molar-refractivity contribution in [2.45, 2.75) is 32.2 Å². The average Bonchev–Trinajstić information content (AvgIpc) is 1.87. The maximum Gasteiger partial charge on any atom is 0.303 e. The van der Waals surface area contributed by atoms with Gasteiger partial charge in [-0.3, -0.25) is 9.59 Å². The van der Waals surface area contributed by atoms with Crippen LogP contribution < -0.4 is 5.32 Å². The fourth-order valence-corrected chi connectivity index (χ4v) is 0.759. The molecule has 0 unspecified atom stereocenters. The van der Waals surface area contributed by atoms with Gasteiger partial charge < -0.3 is 10.4 Å². The molecule has 11 heavy (non-hydrogen) atoms. The number of carboxylic acids is 1. The molecule has 0 aliphatic rings. The third-order valence-electron chi connectivity index (χ3n) is 1.38. The Balaban J connectivity index is 3.23. The van der Waals surface area contributed by atoms with Crippen molar-refractivity contribution >= 4 is 12.4 Å². The molecule has 2 N–H and O–H groups in total. The first-order valence-electron chi connectivity index (χ1n) is 3.58. The van der Waals surface area contributed by atoms with Gasteiger partial charge in [-0.25, -0.2) is 0 Å². The van der Waals surface area contributed by atoms with Gasteiger partial charge in [0.25, 0.3) is 0 Å². The Bertz CT molecular complexity index is 136. The molecular formula is C7H13NO3. The Kier molecular flexibility index (Phi) is 5.15. The first-order valence-corrected chi connectivity index (χ1v) is 3.58. The molecule has 4 nitrogen and oxygen atoms in total. The highest BCUT2D eigenvalue weighted by Gasteiger charge is 2.01. The topological polar surface area (TPSA) is 66.4 Å². The van der Waals surface area contributed by atoms with E-state index < -0.39 is 5.97 Å². The molecular weight excluding hydrogens is 146 g/mol. The van der Waals surface area contributed by atoms with Crippen LogP contribution in [0.2, 0.25) is 0 Å². The van der Waals surface area contributed by atoms with Gasteiger partial charge in [0.1, 0.15) is 0 Å². The fourth-order valence-electron chi connectivity index (χ4n) is 0.759. The molecule has 0 aliphatic carbocycles. The minimum absolute atomic E-state index is 0.0758. The molecule has 1 amide bonds. The predicted molar refractivity (Wildman–Crippen MR) is 40.1 cm³/mol. The van der Waals surface area contributed by atoms with Gasteiger partial charge in [-0.15, -0.1) is 0 Å². The third-order valence-corrected chi connectivity index (χ3v) is 1.38. The van der Waals surface area contributed by atoms with Gasteiger partial charge in [0, 0.05) is 12.5 Å². The van der Waals surface area contributed by atoms with Crippen LogP contribution in [-0.4, -0.2) is 23.5 Å². The fraction of sp³-hybridized carbons (Fsp3) is 0.714. The Morgan fingerprint density at radius 1 is 1.73 bits per heavy atom. The molecule has 0 aliphatic heterocycles. The van der Waals surface area contributed by atoms with Crippen LogP contribution in [0.25, 0.3) is 0 Å². The molecule has 0 fully saturated rings. The monoisotopic (exact) mass is 159 g/mol. The second-order valence-corrected chi connectivity index (χ2v) is 2.47. The quantitative estimate of drug-likeness (QED) is 0.550. The molecule has 0 radical (unpaired) electrons. The van der Waals surface area contributed by atoms with E-state index in [1.807, 2.05) is 6.92 Å². The van der Waals surface area contributed by atoms with E-state index in [1.165, 1.54) is 0 Å². The van der Waals surface area contributed by atoms with Gasteiger partial charge >= 0.3 is 5.97 Å². The highest BCUT2D eigenvalue weighted by molar-refractivity contribution is 5.66. The summed E-state index contributed by atoms with van der Waals surface area (Å²) in [4.78, 5) is 19.9.